The second-order valence-corrected chi connectivity index (χ2v) is 7.27. The zero-order valence-corrected chi connectivity index (χ0v) is 15.9. The van der Waals surface area contributed by atoms with Crippen molar-refractivity contribution in [2.75, 3.05) is 6.54 Å². The first-order chi connectivity index (χ1) is 13.6. The van der Waals surface area contributed by atoms with Crippen LogP contribution in [0, 0.1) is 6.92 Å². The van der Waals surface area contributed by atoms with E-state index in [1.807, 2.05) is 60.0 Å². The van der Waals surface area contributed by atoms with Gasteiger partial charge in [-0.15, -0.1) is 0 Å². The van der Waals surface area contributed by atoms with Crippen LogP contribution in [0.1, 0.15) is 34.6 Å². The van der Waals surface area contributed by atoms with Gasteiger partial charge in [-0.1, -0.05) is 30.3 Å². The lowest BCUT2D eigenvalue weighted by Gasteiger charge is -2.11. The average molecular weight is 376 g/mol. The summed E-state index contributed by atoms with van der Waals surface area (Å²) in [5.74, 6) is 0.723. The van der Waals surface area contributed by atoms with Crippen LogP contribution in [0.25, 0.3) is 11.0 Å². The van der Waals surface area contributed by atoms with Crippen LogP contribution in [0.15, 0.2) is 48.5 Å². The summed E-state index contributed by atoms with van der Waals surface area (Å²) in [5, 5.41) is 5.99. The molecule has 0 aliphatic heterocycles. The molecule has 0 saturated heterocycles. The van der Waals surface area contributed by atoms with Gasteiger partial charge in [0.2, 0.25) is 5.91 Å². The number of amides is 2. The van der Waals surface area contributed by atoms with Gasteiger partial charge in [0.05, 0.1) is 11.0 Å². The molecule has 2 amide bonds. The van der Waals surface area contributed by atoms with Gasteiger partial charge in [0.15, 0.2) is 0 Å². The van der Waals surface area contributed by atoms with Crippen molar-refractivity contribution in [2.24, 2.45) is 0 Å². The molecule has 2 N–H and O–H groups in total. The van der Waals surface area contributed by atoms with E-state index in [0.717, 1.165) is 35.3 Å². The van der Waals surface area contributed by atoms with E-state index in [-0.39, 0.29) is 18.4 Å². The molecule has 1 saturated carbocycles. The third kappa shape index (κ3) is 4.06. The quantitative estimate of drug-likeness (QED) is 0.665. The van der Waals surface area contributed by atoms with Crippen molar-refractivity contribution in [3.05, 3.63) is 65.5 Å². The van der Waals surface area contributed by atoms with Crippen LogP contribution in [0.3, 0.4) is 0 Å². The molecule has 4 rings (SSSR count). The van der Waals surface area contributed by atoms with E-state index in [2.05, 4.69) is 15.6 Å². The monoisotopic (exact) mass is 376 g/mol. The van der Waals surface area contributed by atoms with Crippen LogP contribution >= 0.6 is 0 Å². The summed E-state index contributed by atoms with van der Waals surface area (Å²) in [5.41, 5.74) is 3.43. The maximum absolute atomic E-state index is 12.4. The largest absolute Gasteiger partial charge is 0.352 e. The minimum absolute atomic E-state index is 0.0100. The van der Waals surface area contributed by atoms with Crippen LogP contribution in [0.5, 0.6) is 0 Å². The Labute approximate surface area is 164 Å². The van der Waals surface area contributed by atoms with Gasteiger partial charge < -0.3 is 15.2 Å². The average Bonchev–Trinajstić information content (AvgIpc) is 3.43. The first-order valence-corrected chi connectivity index (χ1v) is 9.69. The Morgan fingerprint density at radius 3 is 2.64 bits per heavy atom. The smallest absolute Gasteiger partial charge is 0.251 e. The highest BCUT2D eigenvalue weighted by atomic mass is 16.2. The van der Waals surface area contributed by atoms with Gasteiger partial charge in [0.1, 0.15) is 12.4 Å². The number of rotatable bonds is 7. The number of hydrogen-bond donors (Lipinski definition) is 2. The Kier molecular flexibility index (Phi) is 5.10. The van der Waals surface area contributed by atoms with Crippen LogP contribution in [-0.2, 0) is 17.8 Å². The molecule has 28 heavy (non-hydrogen) atoms. The molecule has 3 aromatic rings. The summed E-state index contributed by atoms with van der Waals surface area (Å²) in [4.78, 5) is 29.4. The third-order valence-electron chi connectivity index (χ3n) is 5.00. The molecule has 0 atom stereocenters. The van der Waals surface area contributed by atoms with Crippen molar-refractivity contribution in [1.82, 2.24) is 20.2 Å². The van der Waals surface area contributed by atoms with Gasteiger partial charge in [-0.25, -0.2) is 4.98 Å². The number of carbonyl (C=O) groups is 2. The van der Waals surface area contributed by atoms with Crippen molar-refractivity contribution in [2.45, 2.75) is 38.8 Å². The van der Waals surface area contributed by atoms with E-state index in [9.17, 15) is 9.59 Å². The maximum atomic E-state index is 12.4. The number of fused-ring (bicyclic) bond motifs is 1. The number of para-hydroxylation sites is 2. The predicted molar refractivity (Wildman–Crippen MR) is 108 cm³/mol. The number of aryl methyl sites for hydroxylation is 1. The highest BCUT2D eigenvalue weighted by molar-refractivity contribution is 5.95. The number of nitrogens with zero attached hydrogens (tertiary/aromatic N) is 2. The predicted octanol–water partition coefficient (Wildman–Crippen LogP) is 2.60. The Hall–Kier alpha value is -3.15. The summed E-state index contributed by atoms with van der Waals surface area (Å²) in [6.07, 6.45) is 2.69. The lowest BCUT2D eigenvalue weighted by Crippen LogP contribution is -2.31. The summed E-state index contributed by atoms with van der Waals surface area (Å²) >= 11 is 0. The van der Waals surface area contributed by atoms with Gasteiger partial charge in [-0.2, -0.15) is 0 Å². The van der Waals surface area contributed by atoms with Crippen molar-refractivity contribution >= 4 is 22.8 Å². The molecule has 0 spiro atoms. The fourth-order valence-corrected chi connectivity index (χ4v) is 3.35. The highest BCUT2D eigenvalue weighted by Gasteiger charge is 2.24. The zero-order valence-electron chi connectivity index (χ0n) is 15.9. The van der Waals surface area contributed by atoms with E-state index >= 15 is 0 Å². The molecule has 1 aliphatic rings. The standard InChI is InChI=1S/C22H24N4O2/c1-15-6-2-3-7-17(15)22(28)23-13-12-20-25-18-8-4-5-9-19(18)26(20)14-21(27)24-16-10-11-16/h2-9,16H,10-14H2,1H3,(H,23,28)(H,24,27). The Morgan fingerprint density at radius 2 is 1.86 bits per heavy atom. The minimum atomic E-state index is -0.0905. The first-order valence-electron chi connectivity index (χ1n) is 9.69. The summed E-state index contributed by atoms with van der Waals surface area (Å²) in [6, 6.07) is 15.7. The molecule has 6 heteroatoms. The molecule has 6 nitrogen and oxygen atoms in total. The summed E-state index contributed by atoms with van der Waals surface area (Å²) in [7, 11) is 0. The molecule has 1 aromatic heterocycles. The third-order valence-corrected chi connectivity index (χ3v) is 5.00. The number of hydrogen-bond acceptors (Lipinski definition) is 3. The number of carbonyl (C=O) groups excluding carboxylic acids is 2. The fourth-order valence-electron chi connectivity index (χ4n) is 3.35. The number of benzene rings is 2. The van der Waals surface area contributed by atoms with Crippen molar-refractivity contribution < 1.29 is 9.59 Å². The topological polar surface area (TPSA) is 76.0 Å². The number of imidazole rings is 1. The summed E-state index contributed by atoms with van der Waals surface area (Å²) in [6.45, 7) is 2.63. The van der Waals surface area contributed by atoms with E-state index in [0.29, 0.717) is 24.6 Å². The second-order valence-electron chi connectivity index (χ2n) is 7.27. The fraction of sp³-hybridized carbons (Fsp3) is 0.318. The van der Waals surface area contributed by atoms with Gasteiger partial charge in [0, 0.05) is 24.6 Å². The van der Waals surface area contributed by atoms with Crippen molar-refractivity contribution in [1.29, 1.82) is 0 Å². The van der Waals surface area contributed by atoms with Gasteiger partial charge in [-0.3, -0.25) is 9.59 Å². The highest BCUT2D eigenvalue weighted by Crippen LogP contribution is 2.20. The van der Waals surface area contributed by atoms with E-state index < -0.39 is 0 Å². The molecule has 2 aromatic carbocycles. The lowest BCUT2D eigenvalue weighted by atomic mass is 10.1. The summed E-state index contributed by atoms with van der Waals surface area (Å²) < 4.78 is 1.95. The van der Waals surface area contributed by atoms with E-state index in [1.54, 1.807) is 0 Å². The molecule has 144 valence electrons. The molecule has 0 bridgehead atoms. The molecular weight excluding hydrogens is 352 g/mol. The first kappa shape index (κ1) is 18.2. The minimum Gasteiger partial charge on any atom is -0.352 e. The molecular formula is C22H24N4O2. The Morgan fingerprint density at radius 1 is 1.11 bits per heavy atom. The molecule has 1 aliphatic carbocycles. The molecule has 0 radical (unpaired) electrons. The van der Waals surface area contributed by atoms with Gasteiger partial charge >= 0.3 is 0 Å². The van der Waals surface area contributed by atoms with Crippen LogP contribution in [-0.4, -0.2) is 34.0 Å². The normalized spacial score (nSPS) is 13.5. The van der Waals surface area contributed by atoms with Gasteiger partial charge in [-0.05, 0) is 43.5 Å². The van der Waals surface area contributed by atoms with Crippen LogP contribution in [0.2, 0.25) is 0 Å². The zero-order chi connectivity index (χ0) is 19.5. The van der Waals surface area contributed by atoms with Crippen LogP contribution in [0.4, 0.5) is 0 Å². The van der Waals surface area contributed by atoms with E-state index in [4.69, 9.17) is 0 Å². The van der Waals surface area contributed by atoms with E-state index in [1.165, 1.54) is 0 Å². The second kappa shape index (κ2) is 7.84. The molecule has 1 fully saturated rings. The Bertz CT molecular complexity index is 1020. The maximum Gasteiger partial charge on any atom is 0.251 e. The lowest BCUT2D eigenvalue weighted by molar-refractivity contribution is -0.121. The SMILES string of the molecule is Cc1ccccc1C(=O)NCCc1nc2ccccc2n1CC(=O)NC1CC1. The number of nitrogens with one attached hydrogen (secondary N) is 2. The molecule has 1 heterocycles. The van der Waals surface area contributed by atoms with Crippen molar-refractivity contribution in [3.8, 4) is 0 Å². The van der Waals surface area contributed by atoms with Crippen molar-refractivity contribution in [3.63, 3.8) is 0 Å². The van der Waals surface area contributed by atoms with Gasteiger partial charge in [0.25, 0.3) is 5.91 Å². The van der Waals surface area contributed by atoms with Crippen LogP contribution < -0.4 is 10.6 Å². The Balaban J connectivity index is 1.46. The molecule has 0 unspecified atom stereocenters. The number of aromatic nitrogens is 2.